The Kier molecular flexibility index (Phi) is 4.15. The molecule has 2 N–H and O–H groups in total. The predicted octanol–water partition coefficient (Wildman–Crippen LogP) is 4.73. The highest BCUT2D eigenvalue weighted by Crippen LogP contribution is 2.28. The predicted molar refractivity (Wildman–Crippen MR) is 79.3 cm³/mol. The van der Waals surface area contributed by atoms with Crippen molar-refractivity contribution in [2.75, 3.05) is 5.32 Å². The normalized spacial score (nSPS) is 10.4. The Balaban J connectivity index is 2.14. The summed E-state index contributed by atoms with van der Waals surface area (Å²) in [6.45, 7) is 2.56. The molecule has 2 nitrogen and oxygen atoms in total. The van der Waals surface area contributed by atoms with Crippen LogP contribution in [0.3, 0.4) is 0 Å². The molecule has 18 heavy (non-hydrogen) atoms. The highest BCUT2D eigenvalue weighted by molar-refractivity contribution is 9.10. The van der Waals surface area contributed by atoms with Gasteiger partial charge in [0.1, 0.15) is 5.75 Å². The van der Waals surface area contributed by atoms with Crippen molar-refractivity contribution in [2.45, 2.75) is 13.5 Å². The number of phenols is 1. The minimum absolute atomic E-state index is 0.275. The lowest BCUT2D eigenvalue weighted by atomic mass is 10.1. The Hall–Kier alpha value is -1.19. The first-order valence-electron chi connectivity index (χ1n) is 5.54. The lowest BCUT2D eigenvalue weighted by Crippen LogP contribution is -2.01. The second-order valence-electron chi connectivity index (χ2n) is 4.06. The summed E-state index contributed by atoms with van der Waals surface area (Å²) in [7, 11) is 0. The maximum absolute atomic E-state index is 9.88. The van der Waals surface area contributed by atoms with E-state index in [2.05, 4.69) is 21.2 Å². The number of phenolic OH excluding ortho intramolecular Hbond substituents is 1. The smallest absolute Gasteiger partial charge is 0.134 e. The second-order valence-corrected chi connectivity index (χ2v) is 5.35. The number of benzene rings is 2. The van der Waals surface area contributed by atoms with Crippen molar-refractivity contribution in [1.29, 1.82) is 0 Å². The maximum Gasteiger partial charge on any atom is 0.134 e. The Bertz CT molecular complexity index is 572. The Morgan fingerprint density at radius 1 is 1.28 bits per heavy atom. The number of halogens is 2. The van der Waals surface area contributed by atoms with E-state index in [-0.39, 0.29) is 5.75 Å². The van der Waals surface area contributed by atoms with Gasteiger partial charge in [-0.2, -0.15) is 0 Å². The van der Waals surface area contributed by atoms with Gasteiger partial charge in [0.05, 0.1) is 4.47 Å². The third-order valence-electron chi connectivity index (χ3n) is 2.73. The number of hydrogen-bond donors (Lipinski definition) is 2. The topological polar surface area (TPSA) is 32.3 Å². The summed E-state index contributed by atoms with van der Waals surface area (Å²) >= 11 is 9.21. The fourth-order valence-corrected chi connectivity index (χ4v) is 2.35. The van der Waals surface area contributed by atoms with Crippen LogP contribution in [-0.2, 0) is 6.54 Å². The summed E-state index contributed by atoms with van der Waals surface area (Å²) in [5.74, 6) is 0.275. The molecule has 0 unspecified atom stereocenters. The molecule has 0 radical (unpaired) electrons. The molecule has 0 bridgehead atoms. The first kappa shape index (κ1) is 13.2. The molecule has 94 valence electrons. The maximum atomic E-state index is 9.88. The fraction of sp³-hybridized carbons (Fsp3) is 0.143. The van der Waals surface area contributed by atoms with E-state index in [4.69, 9.17) is 11.6 Å². The molecule has 0 atom stereocenters. The molecule has 4 heteroatoms. The Morgan fingerprint density at radius 3 is 2.78 bits per heavy atom. The molecular formula is C14H13BrClNO. The summed E-state index contributed by atoms with van der Waals surface area (Å²) in [5, 5.41) is 13.9. The molecule has 0 saturated heterocycles. The molecule has 0 aliphatic rings. The van der Waals surface area contributed by atoms with E-state index in [9.17, 15) is 5.11 Å². The first-order chi connectivity index (χ1) is 8.58. The van der Waals surface area contributed by atoms with E-state index in [0.717, 1.165) is 21.8 Å². The van der Waals surface area contributed by atoms with E-state index in [1.807, 2.05) is 43.3 Å². The summed E-state index contributed by atoms with van der Waals surface area (Å²) in [5.41, 5.74) is 2.94. The molecule has 2 rings (SSSR count). The van der Waals surface area contributed by atoms with Crippen molar-refractivity contribution in [3.63, 3.8) is 0 Å². The zero-order chi connectivity index (χ0) is 13.1. The van der Waals surface area contributed by atoms with Gasteiger partial charge in [-0.25, -0.2) is 0 Å². The van der Waals surface area contributed by atoms with Crippen LogP contribution in [0.2, 0.25) is 5.02 Å². The summed E-state index contributed by atoms with van der Waals surface area (Å²) in [6, 6.07) is 11.3. The average Bonchev–Trinajstić information content (AvgIpc) is 2.33. The van der Waals surface area contributed by atoms with E-state index in [1.165, 1.54) is 0 Å². The van der Waals surface area contributed by atoms with Gasteiger partial charge >= 0.3 is 0 Å². The van der Waals surface area contributed by atoms with Crippen LogP contribution < -0.4 is 5.32 Å². The van der Waals surface area contributed by atoms with Crippen LogP contribution in [0.4, 0.5) is 5.69 Å². The van der Waals surface area contributed by atoms with Crippen molar-refractivity contribution in [3.05, 3.63) is 57.0 Å². The molecule has 0 amide bonds. The van der Waals surface area contributed by atoms with E-state index < -0.39 is 0 Å². The van der Waals surface area contributed by atoms with Crippen LogP contribution in [0, 0.1) is 6.92 Å². The molecule has 2 aromatic rings. The Morgan fingerprint density at radius 2 is 2.06 bits per heavy atom. The van der Waals surface area contributed by atoms with Gasteiger partial charge in [-0.15, -0.1) is 0 Å². The largest absolute Gasteiger partial charge is 0.506 e. The van der Waals surface area contributed by atoms with Crippen LogP contribution in [0.15, 0.2) is 40.9 Å². The SMILES string of the molecule is Cc1cc(Cl)ccc1NCc1cccc(Br)c1O. The zero-order valence-corrected chi connectivity index (χ0v) is 12.2. The van der Waals surface area contributed by atoms with Gasteiger partial charge in [0.15, 0.2) is 0 Å². The highest BCUT2D eigenvalue weighted by Gasteiger charge is 2.05. The minimum atomic E-state index is 0.275. The quantitative estimate of drug-likeness (QED) is 0.854. The third-order valence-corrected chi connectivity index (χ3v) is 3.60. The first-order valence-corrected chi connectivity index (χ1v) is 6.71. The van der Waals surface area contributed by atoms with Gasteiger partial charge in [-0.3, -0.25) is 0 Å². The molecule has 0 heterocycles. The number of aryl methyl sites for hydroxylation is 1. The van der Waals surface area contributed by atoms with Gasteiger partial charge in [0.2, 0.25) is 0 Å². The van der Waals surface area contributed by atoms with E-state index in [1.54, 1.807) is 0 Å². The number of aromatic hydroxyl groups is 1. The van der Waals surface area contributed by atoms with Gasteiger partial charge in [-0.05, 0) is 52.7 Å². The fourth-order valence-electron chi connectivity index (χ4n) is 1.72. The minimum Gasteiger partial charge on any atom is -0.506 e. The number of para-hydroxylation sites is 1. The monoisotopic (exact) mass is 325 g/mol. The zero-order valence-electron chi connectivity index (χ0n) is 9.87. The molecule has 0 saturated carbocycles. The molecule has 2 aromatic carbocycles. The van der Waals surface area contributed by atoms with E-state index >= 15 is 0 Å². The lowest BCUT2D eigenvalue weighted by Gasteiger charge is -2.11. The van der Waals surface area contributed by atoms with Crippen molar-refractivity contribution < 1.29 is 5.11 Å². The third kappa shape index (κ3) is 2.98. The van der Waals surface area contributed by atoms with Gasteiger partial charge < -0.3 is 10.4 Å². The van der Waals surface area contributed by atoms with Crippen LogP contribution >= 0.6 is 27.5 Å². The van der Waals surface area contributed by atoms with Crippen LogP contribution in [0.1, 0.15) is 11.1 Å². The van der Waals surface area contributed by atoms with Gasteiger partial charge in [0, 0.05) is 22.8 Å². The summed E-state index contributed by atoms with van der Waals surface area (Å²) in [4.78, 5) is 0. The van der Waals surface area contributed by atoms with Gasteiger partial charge in [-0.1, -0.05) is 23.7 Å². The summed E-state index contributed by atoms with van der Waals surface area (Å²) in [6.07, 6.45) is 0. The molecule has 0 aliphatic carbocycles. The molecule has 0 spiro atoms. The van der Waals surface area contributed by atoms with Crippen molar-refractivity contribution in [1.82, 2.24) is 0 Å². The molecule has 0 aliphatic heterocycles. The highest BCUT2D eigenvalue weighted by atomic mass is 79.9. The Labute approximate surface area is 120 Å². The molecular weight excluding hydrogens is 314 g/mol. The van der Waals surface area contributed by atoms with Gasteiger partial charge in [0.25, 0.3) is 0 Å². The number of rotatable bonds is 3. The molecule has 0 fully saturated rings. The van der Waals surface area contributed by atoms with Crippen LogP contribution in [-0.4, -0.2) is 5.11 Å². The second kappa shape index (κ2) is 5.63. The van der Waals surface area contributed by atoms with Crippen molar-refractivity contribution in [3.8, 4) is 5.75 Å². The summed E-state index contributed by atoms with van der Waals surface area (Å²) < 4.78 is 0.703. The van der Waals surface area contributed by atoms with Crippen LogP contribution in [0.5, 0.6) is 5.75 Å². The standard InChI is InChI=1S/C14H13BrClNO/c1-9-7-11(16)5-6-13(9)17-8-10-3-2-4-12(15)14(10)18/h2-7,17-18H,8H2,1H3. The average molecular weight is 327 g/mol. The van der Waals surface area contributed by atoms with Crippen molar-refractivity contribution >= 4 is 33.2 Å². The molecule has 0 aromatic heterocycles. The van der Waals surface area contributed by atoms with Crippen molar-refractivity contribution in [2.24, 2.45) is 0 Å². The lowest BCUT2D eigenvalue weighted by molar-refractivity contribution is 0.465. The number of anilines is 1. The van der Waals surface area contributed by atoms with E-state index in [0.29, 0.717) is 11.0 Å². The number of hydrogen-bond acceptors (Lipinski definition) is 2. The van der Waals surface area contributed by atoms with Crippen LogP contribution in [0.25, 0.3) is 0 Å². The number of nitrogens with one attached hydrogen (secondary N) is 1.